The van der Waals surface area contributed by atoms with Crippen LogP contribution in [0.3, 0.4) is 0 Å². The molecule has 0 bridgehead atoms. The molecule has 5 heteroatoms. The first-order valence-electron chi connectivity index (χ1n) is 6.35. The molecule has 0 N–H and O–H groups in total. The van der Waals surface area contributed by atoms with Gasteiger partial charge in [0, 0.05) is 22.9 Å². The van der Waals surface area contributed by atoms with Gasteiger partial charge in [-0.25, -0.2) is 15.0 Å². The van der Waals surface area contributed by atoms with Crippen LogP contribution in [0.25, 0.3) is 11.4 Å². The summed E-state index contributed by atoms with van der Waals surface area (Å²) in [6.45, 7) is 2.12. The largest absolute Gasteiger partial charge is 0.248 e. The number of benzene rings is 1. The number of aryl methyl sites for hydroxylation is 1. The zero-order chi connectivity index (χ0) is 13.8. The van der Waals surface area contributed by atoms with Crippen molar-refractivity contribution in [2.45, 2.75) is 22.4 Å². The molecular weight excluding hydrogens is 286 g/mol. The molecule has 3 rings (SSSR count). The summed E-state index contributed by atoms with van der Waals surface area (Å²) in [5.74, 6) is 0.758. The van der Waals surface area contributed by atoms with Gasteiger partial charge in [-0.3, -0.25) is 0 Å². The number of nitrogens with zero attached hydrogens (tertiary/aromatic N) is 3. The lowest BCUT2D eigenvalue weighted by atomic mass is 10.2. The highest BCUT2D eigenvalue weighted by Gasteiger charge is 2.05. The molecule has 0 saturated heterocycles. The Kier molecular flexibility index (Phi) is 4.08. The zero-order valence-electron chi connectivity index (χ0n) is 11.0. The SMILES string of the molecule is CCc1ncc(Sc2cnc(-c3ccccc3)nc2)s1. The summed E-state index contributed by atoms with van der Waals surface area (Å²) < 4.78 is 1.18. The average molecular weight is 299 g/mol. The van der Waals surface area contributed by atoms with Gasteiger partial charge in [-0.2, -0.15) is 0 Å². The molecule has 0 spiro atoms. The topological polar surface area (TPSA) is 38.7 Å². The van der Waals surface area contributed by atoms with Gasteiger partial charge in [0.1, 0.15) is 0 Å². The summed E-state index contributed by atoms with van der Waals surface area (Å²) in [5, 5.41) is 1.16. The van der Waals surface area contributed by atoms with Crippen molar-refractivity contribution in [3.63, 3.8) is 0 Å². The van der Waals surface area contributed by atoms with Crippen molar-refractivity contribution < 1.29 is 0 Å². The summed E-state index contributed by atoms with van der Waals surface area (Å²) in [5.41, 5.74) is 1.04. The van der Waals surface area contributed by atoms with Crippen LogP contribution in [0.15, 0.2) is 58.0 Å². The minimum atomic E-state index is 0.758. The lowest BCUT2D eigenvalue weighted by Gasteiger charge is -2.01. The molecule has 0 amide bonds. The molecule has 2 heterocycles. The normalized spacial score (nSPS) is 10.7. The van der Waals surface area contributed by atoms with Gasteiger partial charge < -0.3 is 0 Å². The van der Waals surface area contributed by atoms with E-state index in [-0.39, 0.29) is 0 Å². The van der Waals surface area contributed by atoms with Crippen molar-refractivity contribution in [3.05, 3.63) is 53.9 Å². The molecule has 3 nitrogen and oxygen atoms in total. The molecule has 1 aromatic carbocycles. The van der Waals surface area contributed by atoms with E-state index in [1.807, 2.05) is 48.9 Å². The monoisotopic (exact) mass is 299 g/mol. The van der Waals surface area contributed by atoms with E-state index in [4.69, 9.17) is 0 Å². The van der Waals surface area contributed by atoms with Gasteiger partial charge in [-0.15, -0.1) is 11.3 Å². The Morgan fingerprint density at radius 3 is 2.40 bits per heavy atom. The maximum atomic E-state index is 4.42. The smallest absolute Gasteiger partial charge is 0.159 e. The second-order valence-corrected chi connectivity index (χ2v) is 6.63. The standard InChI is InChI=1S/C15H13N3S2/c1-2-13-16-10-14(20-13)19-12-8-17-15(18-9-12)11-6-4-3-5-7-11/h3-10H,2H2,1H3. The van der Waals surface area contributed by atoms with Crippen molar-refractivity contribution in [1.29, 1.82) is 0 Å². The third-order valence-electron chi connectivity index (χ3n) is 2.71. The lowest BCUT2D eigenvalue weighted by Crippen LogP contribution is -1.87. The quantitative estimate of drug-likeness (QED) is 0.719. The Balaban J connectivity index is 1.76. The Labute approximate surface area is 126 Å². The van der Waals surface area contributed by atoms with Gasteiger partial charge >= 0.3 is 0 Å². The second-order valence-electron chi connectivity index (χ2n) is 4.14. The van der Waals surface area contributed by atoms with Crippen molar-refractivity contribution in [2.75, 3.05) is 0 Å². The Bertz CT molecular complexity index is 678. The molecule has 20 heavy (non-hydrogen) atoms. The molecule has 3 aromatic rings. The third kappa shape index (κ3) is 3.05. The van der Waals surface area contributed by atoms with Crippen LogP contribution in [0.5, 0.6) is 0 Å². The fourth-order valence-electron chi connectivity index (χ4n) is 1.73. The van der Waals surface area contributed by atoms with Crippen LogP contribution in [-0.4, -0.2) is 15.0 Å². The van der Waals surface area contributed by atoms with Crippen molar-refractivity contribution in [1.82, 2.24) is 15.0 Å². The first-order valence-corrected chi connectivity index (χ1v) is 7.98. The van der Waals surface area contributed by atoms with Crippen molar-refractivity contribution in [2.24, 2.45) is 0 Å². The molecule has 0 aliphatic heterocycles. The highest BCUT2D eigenvalue weighted by Crippen LogP contribution is 2.31. The van der Waals surface area contributed by atoms with Crippen molar-refractivity contribution in [3.8, 4) is 11.4 Å². The second kappa shape index (κ2) is 6.15. The van der Waals surface area contributed by atoms with Crippen LogP contribution in [0.2, 0.25) is 0 Å². The molecule has 0 aliphatic carbocycles. The fraction of sp³-hybridized carbons (Fsp3) is 0.133. The molecule has 2 aromatic heterocycles. The molecule has 0 aliphatic rings. The van der Waals surface area contributed by atoms with E-state index in [9.17, 15) is 0 Å². The highest BCUT2D eigenvalue weighted by molar-refractivity contribution is 8.01. The van der Waals surface area contributed by atoms with Gasteiger partial charge in [0.05, 0.1) is 15.4 Å². The van der Waals surface area contributed by atoms with Gasteiger partial charge in [0.25, 0.3) is 0 Å². The van der Waals surface area contributed by atoms with E-state index in [0.29, 0.717) is 0 Å². The summed E-state index contributed by atoms with van der Waals surface area (Å²) in [6, 6.07) is 10.00. The van der Waals surface area contributed by atoms with Gasteiger partial charge in [0.2, 0.25) is 0 Å². The van der Waals surface area contributed by atoms with E-state index in [0.717, 1.165) is 27.7 Å². The van der Waals surface area contributed by atoms with Crippen LogP contribution in [-0.2, 0) is 6.42 Å². The van der Waals surface area contributed by atoms with Gasteiger partial charge in [-0.1, -0.05) is 49.0 Å². The predicted molar refractivity (Wildman–Crippen MR) is 83.1 cm³/mol. The molecule has 0 fully saturated rings. The lowest BCUT2D eigenvalue weighted by molar-refractivity contribution is 1.09. The Hall–Kier alpha value is -1.72. The van der Waals surface area contributed by atoms with Crippen LogP contribution in [0.4, 0.5) is 0 Å². The van der Waals surface area contributed by atoms with Crippen molar-refractivity contribution >= 4 is 23.1 Å². The maximum Gasteiger partial charge on any atom is 0.159 e. The Morgan fingerprint density at radius 1 is 1.00 bits per heavy atom. The maximum absolute atomic E-state index is 4.42. The van der Waals surface area contributed by atoms with E-state index < -0.39 is 0 Å². The first kappa shape index (κ1) is 13.3. The summed E-state index contributed by atoms with van der Waals surface area (Å²) >= 11 is 3.38. The summed E-state index contributed by atoms with van der Waals surface area (Å²) in [6.07, 6.45) is 6.63. The highest BCUT2D eigenvalue weighted by atomic mass is 32.2. The summed E-state index contributed by atoms with van der Waals surface area (Å²) in [4.78, 5) is 14.2. The molecule has 0 unspecified atom stereocenters. The number of thiazole rings is 1. The third-order valence-corrected chi connectivity index (χ3v) is 4.90. The molecule has 0 radical (unpaired) electrons. The predicted octanol–water partition coefficient (Wildman–Crippen LogP) is 4.31. The minimum Gasteiger partial charge on any atom is -0.248 e. The molecule has 0 atom stereocenters. The van der Waals surface area contributed by atoms with Crippen LogP contribution in [0.1, 0.15) is 11.9 Å². The molecule has 100 valence electrons. The van der Waals surface area contributed by atoms with Crippen LogP contribution in [0, 0.1) is 0 Å². The Morgan fingerprint density at radius 2 is 1.75 bits per heavy atom. The number of hydrogen-bond donors (Lipinski definition) is 0. The average Bonchev–Trinajstić information content (AvgIpc) is 2.97. The zero-order valence-corrected chi connectivity index (χ0v) is 12.6. The molecule has 0 saturated carbocycles. The minimum absolute atomic E-state index is 0.758. The van der Waals surface area contributed by atoms with E-state index in [1.54, 1.807) is 23.1 Å². The molecular formula is C15H13N3S2. The van der Waals surface area contributed by atoms with Crippen LogP contribution < -0.4 is 0 Å². The van der Waals surface area contributed by atoms with E-state index >= 15 is 0 Å². The first-order chi connectivity index (χ1) is 9.85. The fourth-order valence-corrected chi connectivity index (χ4v) is 3.61. The van der Waals surface area contributed by atoms with Gasteiger partial charge in [0.15, 0.2) is 5.82 Å². The van der Waals surface area contributed by atoms with Crippen LogP contribution >= 0.6 is 23.1 Å². The number of hydrogen-bond acceptors (Lipinski definition) is 5. The van der Waals surface area contributed by atoms with Gasteiger partial charge in [-0.05, 0) is 6.42 Å². The van der Waals surface area contributed by atoms with E-state index in [2.05, 4.69) is 21.9 Å². The van der Waals surface area contributed by atoms with E-state index in [1.165, 1.54) is 4.21 Å². The number of rotatable bonds is 4. The summed E-state index contributed by atoms with van der Waals surface area (Å²) in [7, 11) is 0. The number of aromatic nitrogens is 3.